The molecule has 0 aliphatic carbocycles. The average Bonchev–Trinajstić information content (AvgIpc) is 2.77. The Bertz CT molecular complexity index is 1170. The summed E-state index contributed by atoms with van der Waals surface area (Å²) in [6, 6.07) is 13.2. The molecule has 0 bridgehead atoms. The molecule has 33 heavy (non-hydrogen) atoms. The average molecular weight is 496 g/mol. The molecule has 0 saturated carbocycles. The van der Waals surface area contributed by atoms with Crippen molar-refractivity contribution in [2.45, 2.75) is 24.7 Å². The number of ether oxygens (including phenoxy) is 1. The second-order valence-corrected chi connectivity index (χ2v) is 11.7. The summed E-state index contributed by atoms with van der Waals surface area (Å²) < 4.78 is 57.6. The van der Waals surface area contributed by atoms with Gasteiger partial charge in [0.05, 0.1) is 30.1 Å². The van der Waals surface area contributed by atoms with Crippen molar-refractivity contribution in [1.82, 2.24) is 4.31 Å². The summed E-state index contributed by atoms with van der Waals surface area (Å²) in [6.45, 7) is 3.42. The number of sulfonamides is 2. The number of amides is 1. The maximum absolute atomic E-state index is 12.7. The molecule has 0 atom stereocenters. The summed E-state index contributed by atoms with van der Waals surface area (Å²) in [4.78, 5) is 12.5. The number of nitrogens with one attached hydrogen (secondary N) is 1. The summed E-state index contributed by atoms with van der Waals surface area (Å²) in [5.74, 6) is -0.281. The lowest BCUT2D eigenvalue weighted by atomic mass is 10.2. The molecule has 11 heteroatoms. The predicted molar refractivity (Wildman–Crippen MR) is 127 cm³/mol. The van der Waals surface area contributed by atoms with Crippen LogP contribution in [0.1, 0.15) is 18.4 Å². The fraction of sp³-hybridized carbons (Fsp3) is 0.409. The number of rotatable bonds is 9. The van der Waals surface area contributed by atoms with Crippen LogP contribution in [-0.4, -0.2) is 66.2 Å². The van der Waals surface area contributed by atoms with E-state index in [0.717, 1.165) is 11.8 Å². The van der Waals surface area contributed by atoms with Crippen LogP contribution in [0.3, 0.4) is 0 Å². The molecule has 1 heterocycles. The van der Waals surface area contributed by atoms with Gasteiger partial charge in [0.15, 0.2) is 0 Å². The van der Waals surface area contributed by atoms with Gasteiger partial charge >= 0.3 is 0 Å². The van der Waals surface area contributed by atoms with Crippen LogP contribution >= 0.6 is 0 Å². The molecule has 1 aliphatic heterocycles. The number of carbonyl (C=O) groups is 1. The third-order valence-electron chi connectivity index (χ3n) is 5.20. The SMILES string of the molecule is Cc1cccc(N(CCCC(=O)Nc2ccc(S(=O)(=O)N3CCOCC3)cc2)S(C)(=O)=O)c1. The molecule has 0 unspecified atom stereocenters. The number of hydrogen-bond acceptors (Lipinski definition) is 6. The molecule has 0 aromatic heterocycles. The van der Waals surface area contributed by atoms with Crippen LogP contribution in [0, 0.1) is 6.92 Å². The van der Waals surface area contributed by atoms with Crippen molar-refractivity contribution in [3.63, 3.8) is 0 Å². The van der Waals surface area contributed by atoms with E-state index in [1.165, 1.54) is 20.7 Å². The summed E-state index contributed by atoms with van der Waals surface area (Å²) in [7, 11) is -7.08. The summed E-state index contributed by atoms with van der Waals surface area (Å²) in [5.41, 5.74) is 1.98. The Kier molecular flexibility index (Phi) is 8.11. The first kappa shape index (κ1) is 25.2. The van der Waals surface area contributed by atoms with Gasteiger partial charge in [-0.05, 0) is 55.3 Å². The number of nitrogens with zero attached hydrogens (tertiary/aromatic N) is 2. The number of carbonyl (C=O) groups excluding carboxylic acids is 1. The highest BCUT2D eigenvalue weighted by atomic mass is 32.2. The number of benzene rings is 2. The Labute approximate surface area is 195 Å². The molecule has 3 rings (SSSR count). The zero-order valence-electron chi connectivity index (χ0n) is 18.7. The van der Waals surface area contributed by atoms with E-state index in [9.17, 15) is 21.6 Å². The molecule has 0 radical (unpaired) electrons. The van der Waals surface area contributed by atoms with Crippen LogP contribution in [-0.2, 0) is 29.6 Å². The Hall–Kier alpha value is -2.47. The van der Waals surface area contributed by atoms with E-state index in [0.29, 0.717) is 44.1 Å². The second kappa shape index (κ2) is 10.6. The van der Waals surface area contributed by atoms with Gasteiger partial charge in [-0.1, -0.05) is 12.1 Å². The molecule has 1 aliphatic rings. The van der Waals surface area contributed by atoms with E-state index < -0.39 is 20.0 Å². The number of hydrogen-bond donors (Lipinski definition) is 1. The Morgan fingerprint density at radius 3 is 2.33 bits per heavy atom. The zero-order chi connectivity index (χ0) is 24.1. The quantitative estimate of drug-likeness (QED) is 0.571. The zero-order valence-corrected chi connectivity index (χ0v) is 20.4. The molecule has 180 valence electrons. The van der Waals surface area contributed by atoms with E-state index in [4.69, 9.17) is 4.74 Å². The largest absolute Gasteiger partial charge is 0.379 e. The minimum absolute atomic E-state index is 0.117. The highest BCUT2D eigenvalue weighted by Crippen LogP contribution is 2.21. The lowest BCUT2D eigenvalue weighted by molar-refractivity contribution is -0.116. The highest BCUT2D eigenvalue weighted by molar-refractivity contribution is 7.92. The van der Waals surface area contributed by atoms with Crippen molar-refractivity contribution in [2.75, 3.05) is 48.7 Å². The molecule has 2 aromatic rings. The van der Waals surface area contributed by atoms with Crippen molar-refractivity contribution in [3.05, 3.63) is 54.1 Å². The number of anilines is 2. The molecular weight excluding hydrogens is 466 g/mol. The summed E-state index contributed by atoms with van der Waals surface area (Å²) in [6.07, 6.45) is 1.59. The van der Waals surface area contributed by atoms with Crippen LogP contribution in [0.4, 0.5) is 11.4 Å². The molecule has 1 amide bonds. The van der Waals surface area contributed by atoms with Gasteiger partial charge in [0, 0.05) is 31.7 Å². The molecule has 1 N–H and O–H groups in total. The maximum Gasteiger partial charge on any atom is 0.243 e. The highest BCUT2D eigenvalue weighted by Gasteiger charge is 2.26. The van der Waals surface area contributed by atoms with E-state index in [2.05, 4.69) is 5.32 Å². The third kappa shape index (κ3) is 6.76. The van der Waals surface area contributed by atoms with Gasteiger partial charge in [-0.15, -0.1) is 0 Å². The fourth-order valence-electron chi connectivity index (χ4n) is 3.52. The topological polar surface area (TPSA) is 113 Å². The van der Waals surface area contributed by atoms with Gasteiger partial charge in [0.2, 0.25) is 26.0 Å². The lowest BCUT2D eigenvalue weighted by Gasteiger charge is -2.26. The first-order valence-corrected chi connectivity index (χ1v) is 13.9. The molecule has 1 saturated heterocycles. The van der Waals surface area contributed by atoms with Crippen LogP contribution in [0.2, 0.25) is 0 Å². The van der Waals surface area contributed by atoms with Crippen LogP contribution in [0.15, 0.2) is 53.4 Å². The van der Waals surface area contributed by atoms with Gasteiger partial charge < -0.3 is 10.1 Å². The monoisotopic (exact) mass is 495 g/mol. The molecular formula is C22H29N3O6S2. The van der Waals surface area contributed by atoms with Crippen LogP contribution in [0.25, 0.3) is 0 Å². The first-order valence-electron chi connectivity index (χ1n) is 10.6. The van der Waals surface area contributed by atoms with Gasteiger partial charge in [0.1, 0.15) is 0 Å². The molecule has 9 nitrogen and oxygen atoms in total. The second-order valence-electron chi connectivity index (χ2n) is 7.87. The lowest BCUT2D eigenvalue weighted by Crippen LogP contribution is -2.40. The summed E-state index contributed by atoms with van der Waals surface area (Å²) >= 11 is 0. The number of aryl methyl sites for hydroxylation is 1. The smallest absolute Gasteiger partial charge is 0.243 e. The van der Waals surface area contributed by atoms with E-state index in [1.807, 2.05) is 13.0 Å². The van der Waals surface area contributed by atoms with Crippen molar-refractivity contribution in [3.8, 4) is 0 Å². The Balaban J connectivity index is 1.56. The minimum atomic E-state index is -3.60. The van der Waals surface area contributed by atoms with Crippen LogP contribution < -0.4 is 9.62 Å². The van der Waals surface area contributed by atoms with Gasteiger partial charge in [-0.25, -0.2) is 16.8 Å². The normalized spacial score (nSPS) is 15.2. The van der Waals surface area contributed by atoms with Crippen molar-refractivity contribution < 1.29 is 26.4 Å². The Morgan fingerprint density at radius 1 is 1.06 bits per heavy atom. The Morgan fingerprint density at radius 2 is 1.73 bits per heavy atom. The maximum atomic E-state index is 12.7. The minimum Gasteiger partial charge on any atom is -0.379 e. The molecule has 2 aromatic carbocycles. The van der Waals surface area contributed by atoms with Crippen molar-refractivity contribution >= 4 is 37.3 Å². The number of morpholine rings is 1. The summed E-state index contributed by atoms with van der Waals surface area (Å²) in [5, 5.41) is 2.73. The van der Waals surface area contributed by atoms with Gasteiger partial charge in [0.25, 0.3) is 0 Å². The van der Waals surface area contributed by atoms with Crippen molar-refractivity contribution in [1.29, 1.82) is 0 Å². The van der Waals surface area contributed by atoms with E-state index >= 15 is 0 Å². The first-order chi connectivity index (χ1) is 15.6. The standard InChI is InChI=1S/C22H29N3O6S2/c1-18-5-3-6-20(17-18)25(32(2,27)28)12-4-7-22(26)23-19-8-10-21(11-9-19)33(29,30)24-13-15-31-16-14-24/h3,5-6,8-11,17H,4,7,12-16H2,1-2H3,(H,23,26). The van der Waals surface area contributed by atoms with Crippen molar-refractivity contribution in [2.24, 2.45) is 0 Å². The molecule has 1 fully saturated rings. The predicted octanol–water partition coefficient (Wildman–Crippen LogP) is 2.20. The van der Waals surface area contributed by atoms with Gasteiger partial charge in [-0.2, -0.15) is 4.31 Å². The van der Waals surface area contributed by atoms with Crippen LogP contribution in [0.5, 0.6) is 0 Å². The molecule has 0 spiro atoms. The van der Waals surface area contributed by atoms with E-state index in [1.54, 1.807) is 30.3 Å². The third-order valence-corrected chi connectivity index (χ3v) is 8.31. The van der Waals surface area contributed by atoms with Gasteiger partial charge in [-0.3, -0.25) is 9.10 Å². The fourth-order valence-corrected chi connectivity index (χ4v) is 5.89. The van der Waals surface area contributed by atoms with E-state index in [-0.39, 0.29) is 23.8 Å².